The van der Waals surface area contributed by atoms with Gasteiger partial charge in [0, 0.05) is 20.1 Å². The Morgan fingerprint density at radius 3 is 2.27 bits per heavy atom. The highest BCUT2D eigenvalue weighted by Crippen LogP contribution is 2.33. The Hall–Kier alpha value is -2.10. The van der Waals surface area contributed by atoms with E-state index in [1.165, 1.54) is 11.3 Å². The Balaban J connectivity index is 2.14. The zero-order valence-corrected chi connectivity index (χ0v) is 13.5. The second kappa shape index (κ2) is 5.59. The van der Waals surface area contributed by atoms with Crippen molar-refractivity contribution in [3.8, 4) is 0 Å². The van der Waals surface area contributed by atoms with E-state index in [0.717, 1.165) is 42.6 Å². The first-order valence-electron chi connectivity index (χ1n) is 7.90. The number of likely N-dealkylation sites (N-methyl/N-ethyl adjacent to an activating group) is 1. The highest BCUT2D eigenvalue weighted by Gasteiger charge is 2.40. The average Bonchev–Trinajstić information content (AvgIpc) is 2.73. The summed E-state index contributed by atoms with van der Waals surface area (Å²) in [6, 6.07) is 6.03. The summed E-state index contributed by atoms with van der Waals surface area (Å²) in [5.74, 6) is -0.348. The van der Waals surface area contributed by atoms with Crippen LogP contribution in [0.4, 0.5) is 0 Å². The lowest BCUT2D eigenvalue weighted by Gasteiger charge is -2.29. The molecule has 116 valence electrons. The molecule has 0 aliphatic carbocycles. The monoisotopic (exact) mass is 298 g/mol. The minimum Gasteiger partial charge on any atom is -0.366 e. The molecule has 22 heavy (non-hydrogen) atoms. The van der Waals surface area contributed by atoms with Gasteiger partial charge in [0.15, 0.2) is 0 Å². The number of piperidine rings is 1. The summed E-state index contributed by atoms with van der Waals surface area (Å²) in [6.07, 6.45) is 3.35. The number of hydrogen-bond acceptors (Lipinski definition) is 3. The van der Waals surface area contributed by atoms with Gasteiger partial charge in [-0.2, -0.15) is 0 Å². The molecule has 2 heterocycles. The lowest BCUT2D eigenvalue weighted by molar-refractivity contribution is -0.136. The smallest absolute Gasteiger partial charge is 0.277 e. The molecule has 0 bridgehead atoms. The van der Waals surface area contributed by atoms with Crippen molar-refractivity contribution in [1.29, 1.82) is 0 Å². The van der Waals surface area contributed by atoms with Gasteiger partial charge in [0.1, 0.15) is 5.70 Å². The Bertz CT molecular complexity index is 670. The summed E-state index contributed by atoms with van der Waals surface area (Å²) in [5.41, 5.74) is 4.26. The number of carbonyl (C=O) groups excluding carboxylic acids is 2. The summed E-state index contributed by atoms with van der Waals surface area (Å²) in [4.78, 5) is 28.6. The van der Waals surface area contributed by atoms with Crippen LogP contribution in [0, 0.1) is 13.8 Å². The van der Waals surface area contributed by atoms with Gasteiger partial charge >= 0.3 is 0 Å². The van der Waals surface area contributed by atoms with Gasteiger partial charge in [-0.3, -0.25) is 14.5 Å². The van der Waals surface area contributed by atoms with E-state index >= 15 is 0 Å². The second-order valence-electron chi connectivity index (χ2n) is 6.26. The van der Waals surface area contributed by atoms with Crippen molar-refractivity contribution in [1.82, 2.24) is 9.80 Å². The molecule has 0 saturated carbocycles. The van der Waals surface area contributed by atoms with Crippen molar-refractivity contribution < 1.29 is 9.59 Å². The largest absolute Gasteiger partial charge is 0.366 e. The summed E-state index contributed by atoms with van der Waals surface area (Å²) < 4.78 is 0. The lowest BCUT2D eigenvalue weighted by atomic mass is 9.97. The average molecular weight is 298 g/mol. The Morgan fingerprint density at radius 1 is 0.955 bits per heavy atom. The van der Waals surface area contributed by atoms with Gasteiger partial charge in [-0.05, 0) is 44.2 Å². The number of amides is 2. The maximum absolute atomic E-state index is 12.6. The SMILES string of the molecule is Cc1ccc(C2=C(N3CCCCC3)C(=O)N(C)C2=O)c(C)c1. The van der Waals surface area contributed by atoms with Crippen molar-refractivity contribution in [3.05, 3.63) is 40.6 Å². The molecule has 0 radical (unpaired) electrons. The molecule has 2 aliphatic rings. The summed E-state index contributed by atoms with van der Waals surface area (Å²) >= 11 is 0. The number of benzene rings is 1. The zero-order valence-electron chi connectivity index (χ0n) is 13.5. The summed E-state index contributed by atoms with van der Waals surface area (Å²) in [7, 11) is 1.57. The maximum Gasteiger partial charge on any atom is 0.277 e. The van der Waals surface area contributed by atoms with Crippen molar-refractivity contribution in [2.24, 2.45) is 0 Å². The molecule has 0 unspecified atom stereocenters. The maximum atomic E-state index is 12.6. The van der Waals surface area contributed by atoms with Gasteiger partial charge in [-0.25, -0.2) is 0 Å². The van der Waals surface area contributed by atoms with Crippen LogP contribution in [0.3, 0.4) is 0 Å². The molecule has 2 amide bonds. The third-order valence-electron chi connectivity index (χ3n) is 4.59. The van der Waals surface area contributed by atoms with Crippen LogP contribution in [0.25, 0.3) is 5.57 Å². The minimum atomic E-state index is -0.183. The topological polar surface area (TPSA) is 40.6 Å². The predicted molar refractivity (Wildman–Crippen MR) is 86.0 cm³/mol. The fourth-order valence-electron chi connectivity index (χ4n) is 3.37. The van der Waals surface area contributed by atoms with Gasteiger partial charge in [0.25, 0.3) is 11.8 Å². The molecule has 4 heteroatoms. The van der Waals surface area contributed by atoms with Crippen molar-refractivity contribution in [3.63, 3.8) is 0 Å². The molecule has 2 aliphatic heterocycles. The Morgan fingerprint density at radius 2 is 1.64 bits per heavy atom. The van der Waals surface area contributed by atoms with Gasteiger partial charge in [-0.15, -0.1) is 0 Å². The van der Waals surface area contributed by atoms with E-state index < -0.39 is 0 Å². The molecule has 4 nitrogen and oxygen atoms in total. The third-order valence-corrected chi connectivity index (χ3v) is 4.59. The van der Waals surface area contributed by atoms with E-state index in [-0.39, 0.29) is 11.8 Å². The first-order valence-corrected chi connectivity index (χ1v) is 7.90. The van der Waals surface area contributed by atoms with Crippen LogP contribution in [0.15, 0.2) is 23.9 Å². The number of nitrogens with zero attached hydrogens (tertiary/aromatic N) is 2. The molecule has 0 aromatic heterocycles. The standard InChI is InChI=1S/C18H22N2O2/c1-12-7-8-14(13(2)11-12)15-16(18(22)19(3)17(15)21)20-9-5-4-6-10-20/h7-8,11H,4-6,9-10H2,1-3H3. The second-order valence-corrected chi connectivity index (χ2v) is 6.26. The van der Waals surface area contributed by atoms with Crippen LogP contribution in [0.5, 0.6) is 0 Å². The molecule has 1 aromatic carbocycles. The van der Waals surface area contributed by atoms with E-state index in [1.54, 1.807) is 7.05 Å². The summed E-state index contributed by atoms with van der Waals surface area (Å²) in [5, 5.41) is 0. The molecule has 1 fully saturated rings. The van der Waals surface area contributed by atoms with E-state index in [1.807, 2.05) is 26.0 Å². The van der Waals surface area contributed by atoms with Gasteiger partial charge < -0.3 is 4.90 Å². The van der Waals surface area contributed by atoms with Crippen LogP contribution in [-0.4, -0.2) is 41.8 Å². The number of carbonyl (C=O) groups is 2. The number of rotatable bonds is 2. The Labute approximate surface area is 131 Å². The quantitative estimate of drug-likeness (QED) is 0.788. The molecule has 1 aromatic rings. The zero-order chi connectivity index (χ0) is 15.9. The van der Waals surface area contributed by atoms with Crippen LogP contribution in [0.1, 0.15) is 36.0 Å². The number of hydrogen-bond donors (Lipinski definition) is 0. The van der Waals surface area contributed by atoms with Crippen molar-refractivity contribution in [2.45, 2.75) is 33.1 Å². The highest BCUT2D eigenvalue weighted by molar-refractivity contribution is 6.35. The molecule has 0 N–H and O–H groups in total. The molecule has 1 saturated heterocycles. The minimum absolute atomic E-state index is 0.165. The molecule has 0 atom stereocenters. The number of aryl methyl sites for hydroxylation is 2. The van der Waals surface area contributed by atoms with E-state index in [2.05, 4.69) is 11.0 Å². The van der Waals surface area contributed by atoms with Crippen molar-refractivity contribution >= 4 is 17.4 Å². The fraction of sp³-hybridized carbons (Fsp3) is 0.444. The summed E-state index contributed by atoms with van der Waals surface area (Å²) in [6.45, 7) is 5.75. The van der Waals surface area contributed by atoms with Gasteiger partial charge in [0.2, 0.25) is 0 Å². The normalized spacial score (nSPS) is 19.4. The third kappa shape index (κ3) is 2.32. The van der Waals surface area contributed by atoms with Crippen LogP contribution in [-0.2, 0) is 9.59 Å². The molecular formula is C18H22N2O2. The van der Waals surface area contributed by atoms with Crippen LogP contribution in [0.2, 0.25) is 0 Å². The van der Waals surface area contributed by atoms with Gasteiger partial charge in [-0.1, -0.05) is 23.8 Å². The number of likely N-dealkylation sites (tertiary alicyclic amines) is 1. The van der Waals surface area contributed by atoms with Crippen LogP contribution >= 0.6 is 0 Å². The van der Waals surface area contributed by atoms with Crippen molar-refractivity contribution in [2.75, 3.05) is 20.1 Å². The molecule has 0 spiro atoms. The molecular weight excluding hydrogens is 276 g/mol. The van der Waals surface area contributed by atoms with E-state index in [4.69, 9.17) is 0 Å². The van der Waals surface area contributed by atoms with E-state index in [9.17, 15) is 9.59 Å². The lowest BCUT2D eigenvalue weighted by Crippen LogP contribution is -2.35. The van der Waals surface area contributed by atoms with Gasteiger partial charge in [0.05, 0.1) is 5.57 Å². The predicted octanol–water partition coefficient (Wildman–Crippen LogP) is 2.50. The van der Waals surface area contributed by atoms with Crippen LogP contribution < -0.4 is 0 Å². The highest BCUT2D eigenvalue weighted by atomic mass is 16.2. The molecule has 3 rings (SSSR count). The number of imide groups is 1. The fourth-order valence-corrected chi connectivity index (χ4v) is 3.37. The first kappa shape index (κ1) is 14.8. The Kier molecular flexibility index (Phi) is 3.77. The first-order chi connectivity index (χ1) is 10.5. The van der Waals surface area contributed by atoms with E-state index in [0.29, 0.717) is 11.3 Å².